The largest absolute Gasteiger partial charge is 0.461 e. The van der Waals surface area contributed by atoms with Gasteiger partial charge in [0.1, 0.15) is 6.61 Å². The van der Waals surface area contributed by atoms with Crippen LogP contribution in [0.25, 0.3) is 5.65 Å². The molecule has 0 spiro atoms. The highest BCUT2D eigenvalue weighted by molar-refractivity contribution is 5.53. The smallest absolute Gasteiger partial charge is 0.321 e. The summed E-state index contributed by atoms with van der Waals surface area (Å²) in [6.45, 7) is 5.61. The number of benzene rings is 1. The van der Waals surface area contributed by atoms with Gasteiger partial charge in [-0.05, 0) is 23.6 Å². The zero-order valence-corrected chi connectivity index (χ0v) is 15.3. The molecule has 0 aliphatic carbocycles. The highest BCUT2D eigenvalue weighted by Gasteiger charge is 2.15. The maximum atomic E-state index is 5.84. The molecule has 3 aromatic rings. The molecule has 0 aliphatic rings. The number of nitrogens with two attached hydrogens (primary N) is 1. The van der Waals surface area contributed by atoms with Gasteiger partial charge in [-0.2, -0.15) is 19.6 Å². The second-order valence-corrected chi connectivity index (χ2v) is 6.26. The van der Waals surface area contributed by atoms with E-state index in [0.717, 1.165) is 22.5 Å². The minimum absolute atomic E-state index is 0.288. The molecular formula is C18H24N6O2. The summed E-state index contributed by atoms with van der Waals surface area (Å²) in [7, 11) is 1.62. The average molecular weight is 356 g/mol. The molecule has 0 saturated heterocycles. The van der Waals surface area contributed by atoms with Gasteiger partial charge in [-0.15, -0.1) is 0 Å². The standard InChI is InChI=1S/C18H24N6O2/c1-12(2)15-11-21-24-16(15)22-18(26-8-7-25-3)23-17(24)20-10-13-5-4-6-14(19)9-13/h4-6,9,11-12H,7-8,10,19H2,1-3H3,(H,20,22,23). The quantitative estimate of drug-likeness (QED) is 0.472. The maximum Gasteiger partial charge on any atom is 0.321 e. The van der Waals surface area contributed by atoms with Crippen molar-refractivity contribution in [1.29, 1.82) is 0 Å². The van der Waals surface area contributed by atoms with Crippen LogP contribution in [0.5, 0.6) is 6.01 Å². The summed E-state index contributed by atoms with van der Waals surface area (Å²) in [5, 5.41) is 7.73. The first-order valence-corrected chi connectivity index (χ1v) is 8.54. The molecule has 0 unspecified atom stereocenters. The number of ether oxygens (including phenoxy) is 2. The Kier molecular flexibility index (Phi) is 5.52. The maximum absolute atomic E-state index is 5.84. The Morgan fingerprint density at radius 1 is 1.23 bits per heavy atom. The van der Waals surface area contributed by atoms with Crippen LogP contribution < -0.4 is 15.8 Å². The number of nitrogens with zero attached hydrogens (tertiary/aromatic N) is 4. The number of nitrogen functional groups attached to an aromatic ring is 1. The molecule has 138 valence electrons. The molecule has 0 atom stereocenters. The topological polar surface area (TPSA) is 99.6 Å². The van der Waals surface area contributed by atoms with Crippen molar-refractivity contribution in [2.45, 2.75) is 26.3 Å². The van der Waals surface area contributed by atoms with Crippen LogP contribution >= 0.6 is 0 Å². The fourth-order valence-electron chi connectivity index (χ4n) is 2.56. The van der Waals surface area contributed by atoms with Crippen LogP contribution in [-0.2, 0) is 11.3 Å². The Balaban J connectivity index is 1.90. The summed E-state index contributed by atoms with van der Waals surface area (Å²) in [6.07, 6.45) is 1.82. The van der Waals surface area contributed by atoms with Gasteiger partial charge in [0.2, 0.25) is 5.95 Å². The Labute approximate surface area is 152 Å². The molecular weight excluding hydrogens is 332 g/mol. The van der Waals surface area contributed by atoms with Gasteiger partial charge in [-0.3, -0.25) is 0 Å². The number of aromatic nitrogens is 4. The van der Waals surface area contributed by atoms with Crippen LogP contribution in [0, 0.1) is 0 Å². The van der Waals surface area contributed by atoms with Gasteiger partial charge in [0.05, 0.1) is 12.8 Å². The van der Waals surface area contributed by atoms with Gasteiger partial charge < -0.3 is 20.5 Å². The van der Waals surface area contributed by atoms with Crippen LogP contribution in [0.3, 0.4) is 0 Å². The van der Waals surface area contributed by atoms with E-state index >= 15 is 0 Å². The van der Waals surface area contributed by atoms with E-state index in [1.165, 1.54) is 0 Å². The third-order valence-corrected chi connectivity index (χ3v) is 3.92. The molecule has 0 amide bonds. The van der Waals surface area contributed by atoms with Gasteiger partial charge in [0, 0.05) is 24.9 Å². The lowest BCUT2D eigenvalue weighted by molar-refractivity contribution is 0.141. The minimum atomic E-state index is 0.288. The van der Waals surface area contributed by atoms with Crippen molar-refractivity contribution in [2.24, 2.45) is 0 Å². The third-order valence-electron chi connectivity index (χ3n) is 3.92. The van der Waals surface area contributed by atoms with E-state index in [1.807, 2.05) is 30.5 Å². The van der Waals surface area contributed by atoms with E-state index in [0.29, 0.717) is 31.7 Å². The van der Waals surface area contributed by atoms with Gasteiger partial charge in [-0.1, -0.05) is 26.0 Å². The van der Waals surface area contributed by atoms with Crippen molar-refractivity contribution < 1.29 is 9.47 Å². The van der Waals surface area contributed by atoms with Crippen LogP contribution in [-0.4, -0.2) is 39.9 Å². The molecule has 0 bridgehead atoms. The fourth-order valence-corrected chi connectivity index (χ4v) is 2.56. The summed E-state index contributed by atoms with van der Waals surface area (Å²) in [5.74, 6) is 0.854. The number of hydrogen-bond donors (Lipinski definition) is 2. The second kappa shape index (κ2) is 8.01. The Hall–Kier alpha value is -2.87. The zero-order valence-electron chi connectivity index (χ0n) is 15.3. The fraction of sp³-hybridized carbons (Fsp3) is 0.389. The number of anilines is 2. The number of fused-ring (bicyclic) bond motifs is 1. The number of methoxy groups -OCH3 is 1. The van der Waals surface area contributed by atoms with E-state index in [4.69, 9.17) is 15.2 Å². The molecule has 3 N–H and O–H groups in total. The minimum Gasteiger partial charge on any atom is -0.461 e. The van der Waals surface area contributed by atoms with Crippen LogP contribution in [0.4, 0.5) is 11.6 Å². The molecule has 8 heteroatoms. The summed E-state index contributed by atoms with van der Waals surface area (Å²) >= 11 is 0. The number of hydrogen-bond acceptors (Lipinski definition) is 7. The Bertz CT molecular complexity index is 877. The number of rotatable bonds is 8. The second-order valence-electron chi connectivity index (χ2n) is 6.26. The molecule has 2 aromatic heterocycles. The molecule has 0 saturated carbocycles. The normalized spacial score (nSPS) is 11.2. The average Bonchev–Trinajstić information content (AvgIpc) is 3.04. The molecule has 0 aliphatic heterocycles. The molecule has 1 aromatic carbocycles. The van der Waals surface area contributed by atoms with E-state index in [2.05, 4.69) is 34.2 Å². The van der Waals surface area contributed by atoms with Crippen LogP contribution in [0.1, 0.15) is 30.9 Å². The van der Waals surface area contributed by atoms with E-state index in [-0.39, 0.29) is 5.92 Å². The highest BCUT2D eigenvalue weighted by atomic mass is 16.5. The third kappa shape index (κ3) is 4.02. The summed E-state index contributed by atoms with van der Waals surface area (Å²) in [4.78, 5) is 8.96. The first kappa shape index (κ1) is 17.9. The lowest BCUT2D eigenvalue weighted by atomic mass is 10.1. The molecule has 3 rings (SSSR count). The predicted molar refractivity (Wildman–Crippen MR) is 100 cm³/mol. The van der Waals surface area contributed by atoms with Crippen molar-refractivity contribution in [1.82, 2.24) is 19.6 Å². The summed E-state index contributed by atoms with van der Waals surface area (Å²) in [6, 6.07) is 8.00. The lowest BCUT2D eigenvalue weighted by Gasteiger charge is -2.11. The van der Waals surface area contributed by atoms with Crippen LogP contribution in [0.15, 0.2) is 30.5 Å². The zero-order chi connectivity index (χ0) is 18.5. The summed E-state index contributed by atoms with van der Waals surface area (Å²) < 4.78 is 12.3. The Morgan fingerprint density at radius 3 is 2.81 bits per heavy atom. The van der Waals surface area contributed by atoms with Gasteiger partial charge >= 0.3 is 6.01 Å². The first-order valence-electron chi connectivity index (χ1n) is 8.54. The van der Waals surface area contributed by atoms with Gasteiger partial charge in [-0.25, -0.2) is 0 Å². The van der Waals surface area contributed by atoms with Gasteiger partial charge in [0.15, 0.2) is 5.65 Å². The van der Waals surface area contributed by atoms with Crippen molar-refractivity contribution in [3.63, 3.8) is 0 Å². The highest BCUT2D eigenvalue weighted by Crippen LogP contribution is 2.23. The Morgan fingerprint density at radius 2 is 2.08 bits per heavy atom. The predicted octanol–water partition coefficient (Wildman–Crippen LogP) is 2.47. The lowest BCUT2D eigenvalue weighted by Crippen LogP contribution is -2.12. The molecule has 2 heterocycles. The first-order chi connectivity index (χ1) is 12.6. The van der Waals surface area contributed by atoms with Crippen LogP contribution in [0.2, 0.25) is 0 Å². The summed E-state index contributed by atoms with van der Waals surface area (Å²) in [5.41, 5.74) is 9.39. The molecule has 26 heavy (non-hydrogen) atoms. The number of nitrogens with one attached hydrogen (secondary N) is 1. The monoisotopic (exact) mass is 356 g/mol. The van der Waals surface area contributed by atoms with E-state index in [9.17, 15) is 0 Å². The molecule has 0 radical (unpaired) electrons. The van der Waals surface area contributed by atoms with Crippen molar-refractivity contribution >= 4 is 17.3 Å². The van der Waals surface area contributed by atoms with Gasteiger partial charge in [0.25, 0.3) is 0 Å². The van der Waals surface area contributed by atoms with E-state index in [1.54, 1.807) is 11.6 Å². The molecule has 0 fully saturated rings. The van der Waals surface area contributed by atoms with E-state index < -0.39 is 0 Å². The molecule has 8 nitrogen and oxygen atoms in total. The van der Waals surface area contributed by atoms with Crippen molar-refractivity contribution in [3.8, 4) is 6.01 Å². The van der Waals surface area contributed by atoms with Crippen molar-refractivity contribution in [2.75, 3.05) is 31.4 Å². The van der Waals surface area contributed by atoms with Crippen molar-refractivity contribution in [3.05, 3.63) is 41.6 Å². The SMILES string of the molecule is COCCOc1nc(NCc2cccc(N)c2)n2ncc(C(C)C)c2n1.